The molecule has 2 N–H and O–H groups in total. The minimum absolute atomic E-state index is 0.0832. The maximum Gasteiger partial charge on any atom is 0.408 e. The first-order valence-electron chi connectivity index (χ1n) is 6.62. The number of ether oxygens (including phenoxy) is 1. The van der Waals surface area contributed by atoms with E-state index in [1.54, 1.807) is 6.20 Å². The first-order valence-corrected chi connectivity index (χ1v) is 6.62. The number of H-pyrrole nitrogens is 1. The molecule has 5 heteroatoms. The van der Waals surface area contributed by atoms with E-state index in [0.717, 1.165) is 31.4 Å². The summed E-state index contributed by atoms with van der Waals surface area (Å²) in [4.78, 5) is 11.9. The third-order valence-corrected chi connectivity index (χ3v) is 3.35. The fourth-order valence-corrected chi connectivity index (χ4v) is 2.50. The molecular formula is C13H21N3O2. The van der Waals surface area contributed by atoms with Gasteiger partial charge in [0.05, 0.1) is 5.69 Å². The van der Waals surface area contributed by atoms with Crippen LogP contribution in [0.3, 0.4) is 0 Å². The Morgan fingerprint density at radius 1 is 1.44 bits per heavy atom. The van der Waals surface area contributed by atoms with E-state index in [0.29, 0.717) is 0 Å². The van der Waals surface area contributed by atoms with Crippen molar-refractivity contribution in [2.24, 2.45) is 0 Å². The molecular weight excluding hydrogens is 230 g/mol. The molecule has 100 valence electrons. The number of hydrogen-bond donors (Lipinski definition) is 2. The monoisotopic (exact) mass is 251 g/mol. The van der Waals surface area contributed by atoms with Crippen molar-refractivity contribution in [1.82, 2.24) is 15.5 Å². The van der Waals surface area contributed by atoms with Crippen molar-refractivity contribution < 1.29 is 9.53 Å². The number of nitrogens with one attached hydrogen (secondary N) is 2. The van der Waals surface area contributed by atoms with Gasteiger partial charge in [-0.1, -0.05) is 6.42 Å². The van der Waals surface area contributed by atoms with Gasteiger partial charge < -0.3 is 10.1 Å². The molecule has 1 aromatic rings. The average Bonchev–Trinajstić information content (AvgIpc) is 2.82. The van der Waals surface area contributed by atoms with Gasteiger partial charge in [0.15, 0.2) is 5.60 Å². The van der Waals surface area contributed by atoms with E-state index in [1.165, 1.54) is 6.42 Å². The maximum atomic E-state index is 11.9. The topological polar surface area (TPSA) is 67.0 Å². The summed E-state index contributed by atoms with van der Waals surface area (Å²) in [6, 6.07) is 1.98. The number of rotatable bonds is 3. The van der Waals surface area contributed by atoms with Crippen molar-refractivity contribution in [3.05, 3.63) is 18.0 Å². The fourth-order valence-electron chi connectivity index (χ4n) is 2.50. The first-order chi connectivity index (χ1) is 8.62. The van der Waals surface area contributed by atoms with Crippen molar-refractivity contribution >= 4 is 6.09 Å². The molecule has 1 aromatic heterocycles. The summed E-state index contributed by atoms with van der Waals surface area (Å²) in [5, 5.41) is 9.71. The number of aromatic nitrogens is 2. The lowest BCUT2D eigenvalue weighted by atomic mass is 9.82. The van der Waals surface area contributed by atoms with Gasteiger partial charge in [0.25, 0.3) is 0 Å². The van der Waals surface area contributed by atoms with Crippen LogP contribution in [0.2, 0.25) is 0 Å². The molecule has 18 heavy (non-hydrogen) atoms. The highest BCUT2D eigenvalue weighted by molar-refractivity contribution is 5.68. The quantitative estimate of drug-likeness (QED) is 0.868. The van der Waals surface area contributed by atoms with E-state index in [4.69, 9.17) is 4.74 Å². The second-order valence-corrected chi connectivity index (χ2v) is 5.21. The van der Waals surface area contributed by atoms with Crippen LogP contribution in [-0.2, 0) is 10.3 Å². The van der Waals surface area contributed by atoms with E-state index in [9.17, 15) is 4.79 Å². The average molecular weight is 251 g/mol. The van der Waals surface area contributed by atoms with E-state index >= 15 is 0 Å². The Labute approximate surface area is 107 Å². The number of carbonyl (C=O) groups is 1. The summed E-state index contributed by atoms with van der Waals surface area (Å²) in [7, 11) is 0. The Kier molecular flexibility index (Phi) is 3.89. The largest absolute Gasteiger partial charge is 0.436 e. The third-order valence-electron chi connectivity index (χ3n) is 3.35. The summed E-state index contributed by atoms with van der Waals surface area (Å²) in [6.45, 7) is 3.84. The van der Waals surface area contributed by atoms with Crippen LogP contribution in [0.15, 0.2) is 12.3 Å². The smallest absolute Gasteiger partial charge is 0.408 e. The number of amides is 1. The van der Waals surface area contributed by atoms with Crippen LogP contribution in [0, 0.1) is 0 Å². The molecule has 5 nitrogen and oxygen atoms in total. The fraction of sp³-hybridized carbons (Fsp3) is 0.692. The normalized spacial score (nSPS) is 18.6. The molecule has 2 rings (SSSR count). The van der Waals surface area contributed by atoms with Crippen LogP contribution in [0.25, 0.3) is 0 Å². The van der Waals surface area contributed by atoms with Gasteiger partial charge in [0.2, 0.25) is 0 Å². The first kappa shape index (κ1) is 12.9. The minimum Gasteiger partial charge on any atom is -0.436 e. The summed E-state index contributed by atoms with van der Waals surface area (Å²) in [6.07, 6.45) is 6.44. The highest BCUT2D eigenvalue weighted by Crippen LogP contribution is 2.39. The van der Waals surface area contributed by atoms with Gasteiger partial charge in [-0.05, 0) is 45.6 Å². The van der Waals surface area contributed by atoms with E-state index < -0.39 is 5.60 Å². The van der Waals surface area contributed by atoms with Gasteiger partial charge in [-0.3, -0.25) is 5.10 Å². The Hall–Kier alpha value is -1.52. The number of hydrogen-bond acceptors (Lipinski definition) is 3. The lowest BCUT2D eigenvalue weighted by Gasteiger charge is -2.35. The molecule has 1 heterocycles. The molecule has 0 aliphatic heterocycles. The Morgan fingerprint density at radius 2 is 2.17 bits per heavy atom. The van der Waals surface area contributed by atoms with Crippen molar-refractivity contribution in [3.8, 4) is 0 Å². The number of nitrogens with zero attached hydrogens (tertiary/aromatic N) is 1. The molecule has 0 bridgehead atoms. The van der Waals surface area contributed by atoms with Gasteiger partial charge in [-0.25, -0.2) is 4.79 Å². The van der Waals surface area contributed by atoms with Crippen LogP contribution in [0.1, 0.15) is 51.6 Å². The van der Waals surface area contributed by atoms with Crippen LogP contribution < -0.4 is 5.32 Å². The molecule has 0 radical (unpaired) electrons. The van der Waals surface area contributed by atoms with Gasteiger partial charge in [0, 0.05) is 12.2 Å². The summed E-state index contributed by atoms with van der Waals surface area (Å²) < 4.78 is 5.71. The van der Waals surface area contributed by atoms with Crippen LogP contribution in [0.4, 0.5) is 4.79 Å². The Bertz CT molecular complexity index is 381. The lowest BCUT2D eigenvalue weighted by Crippen LogP contribution is -2.41. The summed E-state index contributed by atoms with van der Waals surface area (Å²) in [5.74, 6) is 0. The zero-order valence-electron chi connectivity index (χ0n) is 11.0. The second-order valence-electron chi connectivity index (χ2n) is 5.21. The SMILES string of the molecule is CC(C)NC(=O)OC1(c2ccn[nH]2)CCCCC1. The van der Waals surface area contributed by atoms with Crippen molar-refractivity contribution in [2.75, 3.05) is 0 Å². The zero-order valence-corrected chi connectivity index (χ0v) is 11.0. The number of carbonyl (C=O) groups excluding carboxylic acids is 1. The molecule has 0 unspecified atom stereocenters. The van der Waals surface area contributed by atoms with Crippen LogP contribution >= 0.6 is 0 Å². The highest BCUT2D eigenvalue weighted by Gasteiger charge is 2.39. The molecule has 0 aromatic carbocycles. The van der Waals surface area contributed by atoms with Crippen LogP contribution in [-0.4, -0.2) is 22.3 Å². The van der Waals surface area contributed by atoms with Gasteiger partial charge in [-0.2, -0.15) is 5.10 Å². The Balaban J connectivity index is 2.13. The molecule has 0 atom stereocenters. The van der Waals surface area contributed by atoms with E-state index in [1.807, 2.05) is 19.9 Å². The maximum absolute atomic E-state index is 11.9. The molecule has 1 amide bonds. The Morgan fingerprint density at radius 3 is 2.72 bits per heavy atom. The van der Waals surface area contributed by atoms with E-state index in [-0.39, 0.29) is 12.1 Å². The minimum atomic E-state index is -0.520. The number of aromatic amines is 1. The second kappa shape index (κ2) is 5.42. The van der Waals surface area contributed by atoms with Gasteiger partial charge >= 0.3 is 6.09 Å². The molecule has 0 spiro atoms. The third kappa shape index (κ3) is 2.83. The zero-order chi connectivity index (χ0) is 13.0. The van der Waals surface area contributed by atoms with E-state index in [2.05, 4.69) is 15.5 Å². The predicted molar refractivity (Wildman–Crippen MR) is 68.1 cm³/mol. The molecule has 1 saturated carbocycles. The van der Waals surface area contributed by atoms with Crippen molar-refractivity contribution in [3.63, 3.8) is 0 Å². The van der Waals surface area contributed by atoms with Gasteiger partial charge in [0.1, 0.15) is 0 Å². The standard InChI is InChI=1S/C13H21N3O2/c1-10(2)15-12(17)18-13(7-4-3-5-8-13)11-6-9-14-16-11/h6,9-10H,3-5,7-8H2,1-2H3,(H,14,16)(H,15,17). The molecule has 1 aliphatic carbocycles. The number of alkyl carbamates (subject to hydrolysis) is 1. The molecule has 0 saturated heterocycles. The predicted octanol–water partition coefficient (Wildman–Crippen LogP) is 2.70. The van der Waals surface area contributed by atoms with Gasteiger partial charge in [-0.15, -0.1) is 0 Å². The van der Waals surface area contributed by atoms with Crippen LogP contribution in [0.5, 0.6) is 0 Å². The molecule has 1 aliphatic rings. The molecule has 1 fully saturated rings. The van der Waals surface area contributed by atoms with Crippen molar-refractivity contribution in [1.29, 1.82) is 0 Å². The van der Waals surface area contributed by atoms with Crippen molar-refractivity contribution in [2.45, 2.75) is 57.6 Å². The summed E-state index contributed by atoms with van der Waals surface area (Å²) in [5.41, 5.74) is 0.384. The highest BCUT2D eigenvalue weighted by atomic mass is 16.6. The lowest BCUT2D eigenvalue weighted by molar-refractivity contribution is -0.0252. The summed E-state index contributed by atoms with van der Waals surface area (Å²) >= 11 is 0.